The van der Waals surface area contributed by atoms with Gasteiger partial charge >= 0.3 is 5.69 Å². The van der Waals surface area contributed by atoms with Crippen LogP contribution in [0.3, 0.4) is 0 Å². The molecule has 3 heterocycles. The lowest BCUT2D eigenvalue weighted by Gasteiger charge is -2.18. The van der Waals surface area contributed by atoms with Crippen molar-refractivity contribution >= 4 is 5.91 Å². The Bertz CT molecular complexity index is 653. The molecule has 0 bridgehead atoms. The highest BCUT2D eigenvalue weighted by Crippen LogP contribution is 2.07. The number of aryl methyl sites for hydroxylation is 1. The van der Waals surface area contributed by atoms with E-state index in [1.165, 1.54) is 4.68 Å². The fourth-order valence-electron chi connectivity index (χ4n) is 2.28. The molecule has 0 saturated carbocycles. The van der Waals surface area contributed by atoms with Crippen LogP contribution in [0.1, 0.15) is 16.3 Å². The van der Waals surface area contributed by atoms with Crippen molar-refractivity contribution in [1.82, 2.24) is 29.4 Å². The van der Waals surface area contributed by atoms with Crippen molar-refractivity contribution < 1.29 is 4.79 Å². The van der Waals surface area contributed by atoms with E-state index in [4.69, 9.17) is 0 Å². The normalized spacial score (nSPS) is 15.1. The van der Waals surface area contributed by atoms with Crippen LogP contribution in [-0.4, -0.2) is 48.4 Å². The third-order valence-corrected chi connectivity index (χ3v) is 3.30. The number of hydrogen-bond donors (Lipinski definition) is 1. The largest absolute Gasteiger partial charge is 0.345 e. The summed E-state index contributed by atoms with van der Waals surface area (Å²) in [6.45, 7) is 1.52. The molecule has 1 N–H and O–H groups in total. The topological polar surface area (TPSA) is 88.8 Å². The second kappa shape index (κ2) is 4.38. The number of hydrogen-bond acceptors (Lipinski definition) is 4. The van der Waals surface area contributed by atoms with Crippen molar-refractivity contribution in [3.05, 3.63) is 34.3 Å². The fourth-order valence-corrected chi connectivity index (χ4v) is 2.28. The van der Waals surface area contributed by atoms with Gasteiger partial charge in [-0.1, -0.05) is 0 Å². The molecule has 1 aliphatic heterocycles. The van der Waals surface area contributed by atoms with Crippen LogP contribution < -0.4 is 5.69 Å². The summed E-state index contributed by atoms with van der Waals surface area (Å²) in [4.78, 5) is 25.7. The Balaban J connectivity index is 1.81. The summed E-state index contributed by atoms with van der Waals surface area (Å²) in [5.74, 6) is 0.632. The van der Waals surface area contributed by atoms with Crippen LogP contribution >= 0.6 is 0 Å². The van der Waals surface area contributed by atoms with Gasteiger partial charge in [0.2, 0.25) is 0 Å². The van der Waals surface area contributed by atoms with Gasteiger partial charge < -0.3 is 4.90 Å². The number of fused-ring (bicyclic) bond motifs is 1. The van der Waals surface area contributed by atoms with Crippen molar-refractivity contribution in [2.24, 2.45) is 7.05 Å². The standard InChI is InChI=1S/C11H14N6O2/c1-15-11(19)17-7-6-16(5-3-9(17)14-15)10(18)8-2-4-12-13-8/h2,4H,3,5-7H2,1H3,(H,12,13). The minimum atomic E-state index is -0.133. The van der Waals surface area contributed by atoms with Gasteiger partial charge in [0.1, 0.15) is 11.5 Å². The molecule has 8 heteroatoms. The Hall–Kier alpha value is -2.38. The highest BCUT2D eigenvalue weighted by atomic mass is 16.2. The first-order valence-corrected chi connectivity index (χ1v) is 6.08. The molecule has 0 fully saturated rings. The number of carbonyl (C=O) groups excluding carboxylic acids is 1. The molecule has 0 atom stereocenters. The number of H-pyrrole nitrogens is 1. The van der Waals surface area contributed by atoms with E-state index in [0.29, 0.717) is 31.7 Å². The van der Waals surface area contributed by atoms with Gasteiger partial charge in [-0.3, -0.25) is 14.5 Å². The van der Waals surface area contributed by atoms with E-state index in [1.54, 1.807) is 28.8 Å². The predicted molar refractivity (Wildman–Crippen MR) is 65.7 cm³/mol. The first kappa shape index (κ1) is 11.7. The molecule has 3 rings (SSSR count). The summed E-state index contributed by atoms with van der Waals surface area (Å²) in [6, 6.07) is 1.64. The number of aromatic nitrogens is 5. The van der Waals surface area contributed by atoms with E-state index in [0.717, 1.165) is 5.82 Å². The summed E-state index contributed by atoms with van der Waals surface area (Å²) >= 11 is 0. The van der Waals surface area contributed by atoms with Crippen LogP contribution in [0.2, 0.25) is 0 Å². The number of nitrogens with zero attached hydrogens (tertiary/aromatic N) is 5. The summed E-state index contributed by atoms with van der Waals surface area (Å²) in [5.41, 5.74) is 0.332. The SMILES string of the molecule is Cn1nc2n(c1=O)CCN(C(=O)c1ccn[nH]1)CC2. The van der Waals surface area contributed by atoms with Crippen molar-refractivity contribution in [2.75, 3.05) is 13.1 Å². The van der Waals surface area contributed by atoms with Crippen LogP contribution in [0.15, 0.2) is 17.1 Å². The van der Waals surface area contributed by atoms with Gasteiger partial charge in [-0.2, -0.15) is 10.2 Å². The number of amides is 1. The minimum Gasteiger partial charge on any atom is -0.335 e. The first-order chi connectivity index (χ1) is 9.16. The molecule has 0 saturated heterocycles. The van der Waals surface area contributed by atoms with Crippen molar-refractivity contribution in [3.63, 3.8) is 0 Å². The minimum absolute atomic E-state index is 0.0972. The van der Waals surface area contributed by atoms with E-state index in [9.17, 15) is 9.59 Å². The molecule has 2 aromatic rings. The van der Waals surface area contributed by atoms with Gasteiger partial charge in [-0.25, -0.2) is 9.48 Å². The quantitative estimate of drug-likeness (QED) is 0.714. The van der Waals surface area contributed by atoms with Gasteiger partial charge in [-0.05, 0) is 6.07 Å². The zero-order valence-electron chi connectivity index (χ0n) is 10.5. The van der Waals surface area contributed by atoms with Gasteiger partial charge in [0, 0.05) is 39.3 Å². The molecule has 100 valence electrons. The molecule has 19 heavy (non-hydrogen) atoms. The molecule has 8 nitrogen and oxygen atoms in total. The van der Waals surface area contributed by atoms with Crippen LogP contribution in [0, 0.1) is 0 Å². The zero-order chi connectivity index (χ0) is 13.4. The molecule has 0 radical (unpaired) electrons. The van der Waals surface area contributed by atoms with Crippen molar-refractivity contribution in [3.8, 4) is 0 Å². The zero-order valence-corrected chi connectivity index (χ0v) is 10.5. The number of aromatic amines is 1. The molecule has 2 aromatic heterocycles. The second-order valence-electron chi connectivity index (χ2n) is 4.49. The monoisotopic (exact) mass is 262 g/mol. The van der Waals surface area contributed by atoms with E-state index in [2.05, 4.69) is 15.3 Å². The van der Waals surface area contributed by atoms with Crippen molar-refractivity contribution in [1.29, 1.82) is 0 Å². The lowest BCUT2D eigenvalue weighted by Crippen LogP contribution is -2.35. The van der Waals surface area contributed by atoms with Crippen LogP contribution in [0.5, 0.6) is 0 Å². The average Bonchev–Trinajstić information content (AvgIpc) is 2.96. The number of rotatable bonds is 1. The molecule has 0 spiro atoms. The second-order valence-corrected chi connectivity index (χ2v) is 4.49. The fraction of sp³-hybridized carbons (Fsp3) is 0.455. The first-order valence-electron chi connectivity index (χ1n) is 6.08. The maximum absolute atomic E-state index is 12.2. The molecule has 0 aliphatic carbocycles. The highest BCUT2D eigenvalue weighted by Gasteiger charge is 2.22. The highest BCUT2D eigenvalue weighted by molar-refractivity contribution is 5.92. The Morgan fingerprint density at radius 1 is 1.37 bits per heavy atom. The number of nitrogens with one attached hydrogen (secondary N) is 1. The maximum atomic E-state index is 12.2. The third-order valence-electron chi connectivity index (χ3n) is 3.30. The van der Waals surface area contributed by atoms with E-state index < -0.39 is 0 Å². The lowest BCUT2D eigenvalue weighted by atomic mass is 10.3. The maximum Gasteiger partial charge on any atom is 0.345 e. The van der Waals surface area contributed by atoms with Gasteiger partial charge in [-0.15, -0.1) is 0 Å². The summed E-state index contributed by atoms with van der Waals surface area (Å²) in [5, 5.41) is 10.6. The van der Waals surface area contributed by atoms with E-state index in [-0.39, 0.29) is 11.6 Å². The molecular formula is C11H14N6O2. The predicted octanol–water partition coefficient (Wildman–Crippen LogP) is -0.997. The van der Waals surface area contributed by atoms with Crippen molar-refractivity contribution in [2.45, 2.75) is 13.0 Å². The summed E-state index contributed by atoms with van der Waals surface area (Å²) in [7, 11) is 1.64. The molecule has 0 unspecified atom stereocenters. The average molecular weight is 262 g/mol. The Morgan fingerprint density at radius 2 is 2.21 bits per heavy atom. The molecular weight excluding hydrogens is 248 g/mol. The van der Waals surface area contributed by atoms with Gasteiger partial charge in [0.15, 0.2) is 0 Å². The van der Waals surface area contributed by atoms with E-state index >= 15 is 0 Å². The molecule has 0 aromatic carbocycles. The van der Waals surface area contributed by atoms with Crippen LogP contribution in [0.4, 0.5) is 0 Å². The van der Waals surface area contributed by atoms with Gasteiger partial charge in [0.25, 0.3) is 5.91 Å². The van der Waals surface area contributed by atoms with Crippen LogP contribution in [-0.2, 0) is 20.0 Å². The summed E-state index contributed by atoms with van der Waals surface area (Å²) in [6.07, 6.45) is 2.13. The molecule has 1 aliphatic rings. The smallest absolute Gasteiger partial charge is 0.335 e. The van der Waals surface area contributed by atoms with Crippen LogP contribution in [0.25, 0.3) is 0 Å². The van der Waals surface area contributed by atoms with Gasteiger partial charge in [0.05, 0.1) is 0 Å². The number of carbonyl (C=O) groups is 1. The lowest BCUT2D eigenvalue weighted by molar-refractivity contribution is 0.0752. The summed E-state index contributed by atoms with van der Waals surface area (Å²) < 4.78 is 2.96. The Labute approximate surface area is 108 Å². The molecule has 1 amide bonds. The van der Waals surface area contributed by atoms with E-state index in [1.807, 2.05) is 0 Å². The third kappa shape index (κ3) is 1.94. The Morgan fingerprint density at radius 3 is 2.95 bits per heavy atom. The Kier molecular flexibility index (Phi) is 2.69.